The van der Waals surface area contributed by atoms with Crippen LogP contribution >= 0.6 is 0 Å². The van der Waals surface area contributed by atoms with Crippen LogP contribution < -0.4 is 10.6 Å². The standard InChI is InChI=1S/C25H29F3N2O/c1-14(2)29-25(31)21(26)13-20-15(3)24(28)22(16(4)23(20)27)17-9-11-19(12-10-17)30-18-7-5-6-8-18/h9-14,18,30H,5-8H2,1-4H3,(H,29,31). The first kappa shape index (κ1) is 22.9. The van der Waals surface area contributed by atoms with Crippen LogP contribution in [0.5, 0.6) is 0 Å². The first-order chi connectivity index (χ1) is 14.7. The fourth-order valence-corrected chi connectivity index (χ4v) is 4.02. The van der Waals surface area contributed by atoms with Gasteiger partial charge in [0, 0.05) is 28.9 Å². The topological polar surface area (TPSA) is 41.1 Å². The van der Waals surface area contributed by atoms with Crippen LogP contribution in [-0.2, 0) is 4.79 Å². The molecule has 0 aliphatic heterocycles. The molecule has 1 saturated carbocycles. The second-order valence-corrected chi connectivity index (χ2v) is 8.49. The molecular formula is C25H29F3N2O. The lowest BCUT2D eigenvalue weighted by Crippen LogP contribution is -2.30. The van der Waals surface area contributed by atoms with Gasteiger partial charge in [-0.1, -0.05) is 25.0 Å². The predicted octanol–water partition coefficient (Wildman–Crippen LogP) is 6.44. The summed E-state index contributed by atoms with van der Waals surface area (Å²) in [6, 6.07) is 7.43. The van der Waals surface area contributed by atoms with Crippen LogP contribution in [0.1, 0.15) is 56.2 Å². The summed E-state index contributed by atoms with van der Waals surface area (Å²) in [5.74, 6) is -3.49. The maximum absolute atomic E-state index is 15.2. The average molecular weight is 431 g/mol. The van der Waals surface area contributed by atoms with Crippen LogP contribution in [-0.4, -0.2) is 18.0 Å². The zero-order chi connectivity index (χ0) is 22.7. The molecule has 6 heteroatoms. The summed E-state index contributed by atoms with van der Waals surface area (Å²) < 4.78 is 44.6. The minimum absolute atomic E-state index is 0.0428. The van der Waals surface area contributed by atoms with Gasteiger partial charge in [-0.2, -0.15) is 0 Å². The van der Waals surface area contributed by atoms with E-state index in [9.17, 15) is 9.18 Å². The molecule has 0 radical (unpaired) electrons. The quantitative estimate of drug-likeness (QED) is 0.518. The van der Waals surface area contributed by atoms with E-state index in [-0.39, 0.29) is 28.3 Å². The Morgan fingerprint density at radius 2 is 1.65 bits per heavy atom. The van der Waals surface area contributed by atoms with Crippen molar-refractivity contribution >= 4 is 17.7 Å². The third-order valence-electron chi connectivity index (χ3n) is 5.70. The molecule has 1 fully saturated rings. The van der Waals surface area contributed by atoms with Crippen molar-refractivity contribution in [1.82, 2.24) is 5.32 Å². The van der Waals surface area contributed by atoms with E-state index in [0.717, 1.165) is 24.6 Å². The lowest BCUT2D eigenvalue weighted by Gasteiger charge is -2.17. The molecule has 3 rings (SSSR count). The highest BCUT2D eigenvalue weighted by atomic mass is 19.1. The molecule has 3 nitrogen and oxygen atoms in total. The van der Waals surface area contributed by atoms with Gasteiger partial charge in [0.25, 0.3) is 5.91 Å². The molecule has 2 aromatic carbocycles. The highest BCUT2D eigenvalue weighted by molar-refractivity contribution is 5.96. The second kappa shape index (κ2) is 9.58. The number of benzene rings is 2. The fourth-order valence-electron chi connectivity index (χ4n) is 4.02. The van der Waals surface area contributed by atoms with Crippen molar-refractivity contribution < 1.29 is 18.0 Å². The van der Waals surface area contributed by atoms with Crippen molar-refractivity contribution in [2.75, 3.05) is 5.32 Å². The summed E-state index contributed by atoms with van der Waals surface area (Å²) in [7, 11) is 0. The summed E-state index contributed by atoms with van der Waals surface area (Å²) in [4.78, 5) is 11.8. The number of nitrogens with one attached hydrogen (secondary N) is 2. The first-order valence-corrected chi connectivity index (χ1v) is 10.7. The van der Waals surface area contributed by atoms with Crippen molar-refractivity contribution in [3.8, 4) is 11.1 Å². The molecule has 0 heterocycles. The molecule has 0 atom stereocenters. The van der Waals surface area contributed by atoms with Gasteiger partial charge in [-0.05, 0) is 75.4 Å². The number of hydrogen-bond donors (Lipinski definition) is 2. The van der Waals surface area contributed by atoms with Gasteiger partial charge < -0.3 is 10.6 Å². The normalized spacial score (nSPS) is 14.9. The SMILES string of the molecule is Cc1c(F)c(-c2ccc(NC3CCCC3)cc2)c(C)c(F)c1C=C(F)C(=O)NC(C)C. The second-order valence-electron chi connectivity index (χ2n) is 8.49. The molecule has 1 aliphatic carbocycles. The molecule has 0 unspecified atom stereocenters. The maximum atomic E-state index is 15.2. The van der Waals surface area contributed by atoms with Gasteiger partial charge in [0.15, 0.2) is 5.83 Å². The zero-order valence-electron chi connectivity index (χ0n) is 18.4. The molecule has 1 aliphatic rings. The maximum Gasteiger partial charge on any atom is 0.280 e. The largest absolute Gasteiger partial charge is 0.382 e. The molecule has 1 amide bonds. The minimum Gasteiger partial charge on any atom is -0.382 e. The predicted molar refractivity (Wildman–Crippen MR) is 120 cm³/mol. The Balaban J connectivity index is 1.93. The first-order valence-electron chi connectivity index (χ1n) is 10.7. The summed E-state index contributed by atoms with van der Waals surface area (Å²) in [6.07, 6.45) is 5.48. The Bertz CT molecular complexity index is 962. The summed E-state index contributed by atoms with van der Waals surface area (Å²) in [6.45, 7) is 6.21. The van der Waals surface area contributed by atoms with E-state index in [1.54, 1.807) is 26.0 Å². The summed E-state index contributed by atoms with van der Waals surface area (Å²) >= 11 is 0. The Hall–Kier alpha value is -2.76. The lowest BCUT2D eigenvalue weighted by atomic mass is 9.92. The molecular weight excluding hydrogens is 401 g/mol. The monoisotopic (exact) mass is 430 g/mol. The van der Waals surface area contributed by atoms with Gasteiger partial charge in [-0.15, -0.1) is 0 Å². The van der Waals surface area contributed by atoms with E-state index in [0.29, 0.717) is 11.6 Å². The molecule has 31 heavy (non-hydrogen) atoms. The van der Waals surface area contributed by atoms with Crippen molar-refractivity contribution in [2.24, 2.45) is 0 Å². The van der Waals surface area contributed by atoms with Gasteiger partial charge >= 0.3 is 0 Å². The smallest absolute Gasteiger partial charge is 0.280 e. The Morgan fingerprint density at radius 1 is 1.03 bits per heavy atom. The van der Waals surface area contributed by atoms with E-state index >= 15 is 8.78 Å². The third-order valence-corrected chi connectivity index (χ3v) is 5.70. The van der Waals surface area contributed by atoms with Crippen molar-refractivity contribution in [2.45, 2.75) is 65.5 Å². The van der Waals surface area contributed by atoms with Crippen LogP contribution in [0.4, 0.5) is 18.9 Å². The van der Waals surface area contributed by atoms with Crippen molar-refractivity contribution in [3.63, 3.8) is 0 Å². The van der Waals surface area contributed by atoms with Crippen molar-refractivity contribution in [1.29, 1.82) is 0 Å². The minimum atomic E-state index is -1.16. The van der Waals surface area contributed by atoms with E-state index in [4.69, 9.17) is 0 Å². The van der Waals surface area contributed by atoms with Crippen LogP contribution in [0.2, 0.25) is 0 Å². The Kier molecular flexibility index (Phi) is 7.08. The molecule has 166 valence electrons. The third kappa shape index (κ3) is 5.12. The number of amides is 1. The molecule has 0 saturated heterocycles. The van der Waals surface area contributed by atoms with Gasteiger partial charge in [-0.25, -0.2) is 13.2 Å². The van der Waals surface area contributed by atoms with Gasteiger partial charge in [0.2, 0.25) is 0 Å². The van der Waals surface area contributed by atoms with Gasteiger partial charge in [-0.3, -0.25) is 4.79 Å². The summed E-state index contributed by atoms with van der Waals surface area (Å²) in [5.41, 5.74) is 1.41. The number of halogens is 3. The molecule has 2 aromatic rings. The molecule has 0 spiro atoms. The number of rotatable bonds is 6. The highest BCUT2D eigenvalue weighted by Crippen LogP contribution is 2.35. The molecule has 0 bridgehead atoms. The number of anilines is 1. The summed E-state index contributed by atoms with van der Waals surface area (Å²) in [5, 5.41) is 5.87. The number of carbonyl (C=O) groups excluding carboxylic acids is 1. The number of hydrogen-bond acceptors (Lipinski definition) is 2. The van der Waals surface area contributed by atoms with E-state index in [1.165, 1.54) is 26.7 Å². The fraction of sp³-hybridized carbons (Fsp3) is 0.400. The lowest BCUT2D eigenvalue weighted by molar-refractivity contribution is -0.119. The van der Waals surface area contributed by atoms with Crippen LogP contribution in [0, 0.1) is 25.5 Å². The Labute approximate surface area is 181 Å². The molecule has 0 aromatic heterocycles. The average Bonchev–Trinajstić information content (AvgIpc) is 3.23. The van der Waals surface area contributed by atoms with Gasteiger partial charge in [0.05, 0.1) is 0 Å². The van der Waals surface area contributed by atoms with E-state index < -0.39 is 23.4 Å². The molecule has 2 N–H and O–H groups in total. The van der Waals surface area contributed by atoms with Gasteiger partial charge in [0.1, 0.15) is 11.6 Å². The van der Waals surface area contributed by atoms with E-state index in [1.807, 2.05) is 12.1 Å². The number of carbonyl (C=O) groups is 1. The van der Waals surface area contributed by atoms with Crippen molar-refractivity contribution in [3.05, 3.63) is 58.4 Å². The highest BCUT2D eigenvalue weighted by Gasteiger charge is 2.22. The van der Waals surface area contributed by atoms with Crippen LogP contribution in [0.3, 0.4) is 0 Å². The van der Waals surface area contributed by atoms with Crippen LogP contribution in [0.15, 0.2) is 30.1 Å². The van der Waals surface area contributed by atoms with E-state index in [2.05, 4.69) is 10.6 Å². The van der Waals surface area contributed by atoms with Crippen LogP contribution in [0.25, 0.3) is 17.2 Å². The zero-order valence-corrected chi connectivity index (χ0v) is 18.4. The Morgan fingerprint density at radius 3 is 2.23 bits per heavy atom.